The number of rotatable bonds is 2. The molecule has 0 spiro atoms. The zero-order valence-corrected chi connectivity index (χ0v) is 10.7. The molecule has 106 valence electrons. The summed E-state index contributed by atoms with van der Waals surface area (Å²) in [6.07, 6.45) is -0.590. The first-order valence-corrected chi connectivity index (χ1v) is 6.78. The van der Waals surface area contributed by atoms with Crippen LogP contribution in [0.3, 0.4) is 0 Å². The molecule has 0 bridgehead atoms. The van der Waals surface area contributed by atoms with Gasteiger partial charge in [0.25, 0.3) is 0 Å². The van der Waals surface area contributed by atoms with E-state index < -0.39 is 12.7 Å². The SMILES string of the molecule is FC(F)(F)CN1CCN(C2CCCNCC2)CC1. The van der Waals surface area contributed by atoms with E-state index in [-0.39, 0.29) is 0 Å². The molecule has 1 atom stereocenters. The summed E-state index contributed by atoms with van der Waals surface area (Å²) in [5.41, 5.74) is 0. The fraction of sp³-hybridized carbons (Fsp3) is 1.00. The molecular formula is C12H22F3N3. The monoisotopic (exact) mass is 265 g/mol. The van der Waals surface area contributed by atoms with Crippen molar-refractivity contribution in [2.45, 2.75) is 31.5 Å². The molecule has 6 heteroatoms. The maximum atomic E-state index is 12.3. The van der Waals surface area contributed by atoms with Crippen LogP contribution in [-0.4, -0.2) is 67.8 Å². The molecule has 0 aliphatic carbocycles. The fourth-order valence-electron chi connectivity index (χ4n) is 2.91. The lowest BCUT2D eigenvalue weighted by atomic mass is 10.1. The number of nitrogens with one attached hydrogen (secondary N) is 1. The minimum Gasteiger partial charge on any atom is -0.317 e. The average molecular weight is 265 g/mol. The van der Waals surface area contributed by atoms with E-state index in [9.17, 15) is 13.2 Å². The van der Waals surface area contributed by atoms with Crippen LogP contribution in [0.5, 0.6) is 0 Å². The standard InChI is InChI=1S/C12H22F3N3/c13-12(14,15)10-17-6-8-18(9-7-17)11-2-1-4-16-5-3-11/h11,16H,1-10H2. The Morgan fingerprint density at radius 3 is 2.39 bits per heavy atom. The highest BCUT2D eigenvalue weighted by atomic mass is 19.4. The Hall–Kier alpha value is -0.330. The molecule has 0 saturated carbocycles. The molecule has 18 heavy (non-hydrogen) atoms. The fourth-order valence-corrected chi connectivity index (χ4v) is 2.91. The number of piperazine rings is 1. The van der Waals surface area contributed by atoms with Crippen molar-refractivity contribution >= 4 is 0 Å². The second kappa shape index (κ2) is 6.21. The van der Waals surface area contributed by atoms with Crippen molar-refractivity contribution < 1.29 is 13.2 Å². The van der Waals surface area contributed by atoms with Crippen molar-refractivity contribution in [3.05, 3.63) is 0 Å². The minimum atomic E-state index is -4.06. The zero-order valence-electron chi connectivity index (χ0n) is 10.7. The van der Waals surface area contributed by atoms with E-state index in [1.165, 1.54) is 17.7 Å². The second-order valence-electron chi connectivity index (χ2n) is 5.26. The molecule has 2 aliphatic heterocycles. The third-order valence-electron chi connectivity index (χ3n) is 3.87. The summed E-state index contributed by atoms with van der Waals surface area (Å²) >= 11 is 0. The maximum Gasteiger partial charge on any atom is 0.401 e. The van der Waals surface area contributed by atoms with Crippen LogP contribution < -0.4 is 5.32 Å². The lowest BCUT2D eigenvalue weighted by Crippen LogP contribution is -2.52. The van der Waals surface area contributed by atoms with Crippen LogP contribution in [0.15, 0.2) is 0 Å². The summed E-state index contributed by atoms with van der Waals surface area (Å²) in [6.45, 7) is 4.00. The first-order chi connectivity index (χ1) is 8.54. The van der Waals surface area contributed by atoms with Gasteiger partial charge >= 0.3 is 6.18 Å². The van der Waals surface area contributed by atoms with Crippen LogP contribution >= 0.6 is 0 Å². The molecule has 2 heterocycles. The maximum absolute atomic E-state index is 12.3. The van der Waals surface area contributed by atoms with Crippen LogP contribution in [-0.2, 0) is 0 Å². The Morgan fingerprint density at radius 1 is 1.00 bits per heavy atom. The zero-order chi connectivity index (χ0) is 13.0. The lowest BCUT2D eigenvalue weighted by molar-refractivity contribution is -0.149. The first-order valence-electron chi connectivity index (χ1n) is 6.78. The molecule has 1 N–H and O–H groups in total. The highest BCUT2D eigenvalue weighted by Gasteiger charge is 2.33. The molecule has 0 aromatic rings. The Bertz CT molecular complexity index is 241. The summed E-state index contributed by atoms with van der Waals surface area (Å²) in [6, 6.07) is 0.563. The normalized spacial score (nSPS) is 29.2. The van der Waals surface area contributed by atoms with Crippen molar-refractivity contribution in [1.82, 2.24) is 15.1 Å². The molecule has 0 aromatic carbocycles. The van der Waals surface area contributed by atoms with Crippen molar-refractivity contribution in [2.24, 2.45) is 0 Å². The molecular weight excluding hydrogens is 243 g/mol. The second-order valence-corrected chi connectivity index (χ2v) is 5.26. The van der Waals surface area contributed by atoms with E-state index in [1.807, 2.05) is 0 Å². The Kier molecular flexibility index (Phi) is 4.86. The van der Waals surface area contributed by atoms with Crippen molar-refractivity contribution in [3.63, 3.8) is 0 Å². The van der Waals surface area contributed by atoms with E-state index >= 15 is 0 Å². The van der Waals surface area contributed by atoms with Crippen molar-refractivity contribution in [2.75, 3.05) is 45.8 Å². The van der Waals surface area contributed by atoms with E-state index in [1.54, 1.807) is 0 Å². The highest BCUT2D eigenvalue weighted by molar-refractivity contribution is 4.81. The van der Waals surface area contributed by atoms with E-state index in [0.29, 0.717) is 19.1 Å². The highest BCUT2D eigenvalue weighted by Crippen LogP contribution is 2.20. The minimum absolute atomic E-state index is 0.545. The Balaban J connectivity index is 1.75. The third-order valence-corrected chi connectivity index (χ3v) is 3.87. The summed E-state index contributed by atoms with van der Waals surface area (Å²) < 4.78 is 36.8. The van der Waals surface area contributed by atoms with Gasteiger partial charge in [-0.25, -0.2) is 0 Å². The van der Waals surface area contributed by atoms with Crippen LogP contribution in [0.25, 0.3) is 0 Å². The molecule has 0 radical (unpaired) electrons. The van der Waals surface area contributed by atoms with Gasteiger partial charge in [0.05, 0.1) is 6.54 Å². The molecule has 2 aliphatic rings. The van der Waals surface area contributed by atoms with Gasteiger partial charge in [0.15, 0.2) is 0 Å². The smallest absolute Gasteiger partial charge is 0.317 e. The Labute approximate surface area is 106 Å². The first kappa shape index (κ1) is 14.1. The number of hydrogen-bond acceptors (Lipinski definition) is 3. The summed E-state index contributed by atoms with van der Waals surface area (Å²) in [7, 11) is 0. The van der Waals surface area contributed by atoms with Gasteiger partial charge in [-0.05, 0) is 32.4 Å². The van der Waals surface area contributed by atoms with Gasteiger partial charge in [-0.15, -0.1) is 0 Å². The largest absolute Gasteiger partial charge is 0.401 e. The van der Waals surface area contributed by atoms with Gasteiger partial charge < -0.3 is 5.32 Å². The van der Waals surface area contributed by atoms with Crippen molar-refractivity contribution in [1.29, 1.82) is 0 Å². The van der Waals surface area contributed by atoms with E-state index in [4.69, 9.17) is 0 Å². The molecule has 1 unspecified atom stereocenters. The van der Waals surface area contributed by atoms with E-state index in [0.717, 1.165) is 32.6 Å². The number of halogens is 3. The van der Waals surface area contributed by atoms with E-state index in [2.05, 4.69) is 10.2 Å². The van der Waals surface area contributed by atoms with Gasteiger partial charge in [-0.1, -0.05) is 0 Å². The molecule has 0 aromatic heterocycles. The Morgan fingerprint density at radius 2 is 1.72 bits per heavy atom. The van der Waals surface area contributed by atoms with Crippen LogP contribution in [0.2, 0.25) is 0 Å². The van der Waals surface area contributed by atoms with Crippen LogP contribution in [0.1, 0.15) is 19.3 Å². The molecule has 0 amide bonds. The summed E-state index contributed by atoms with van der Waals surface area (Å²) in [4.78, 5) is 3.89. The molecule has 3 nitrogen and oxygen atoms in total. The molecule has 2 saturated heterocycles. The topological polar surface area (TPSA) is 18.5 Å². The van der Waals surface area contributed by atoms with Crippen molar-refractivity contribution in [3.8, 4) is 0 Å². The molecule has 2 rings (SSSR count). The van der Waals surface area contributed by atoms with Gasteiger partial charge in [0, 0.05) is 32.2 Å². The van der Waals surface area contributed by atoms with Gasteiger partial charge in [-0.3, -0.25) is 9.80 Å². The van der Waals surface area contributed by atoms with Gasteiger partial charge in [0.1, 0.15) is 0 Å². The third kappa shape index (κ3) is 4.40. The number of hydrogen-bond donors (Lipinski definition) is 1. The predicted octanol–water partition coefficient (Wildman–Crippen LogP) is 1.31. The predicted molar refractivity (Wildman–Crippen MR) is 64.6 cm³/mol. The van der Waals surface area contributed by atoms with Gasteiger partial charge in [0.2, 0.25) is 0 Å². The average Bonchev–Trinajstić information content (AvgIpc) is 2.56. The van der Waals surface area contributed by atoms with Crippen LogP contribution in [0, 0.1) is 0 Å². The summed E-state index contributed by atoms with van der Waals surface area (Å²) in [5, 5.41) is 3.37. The summed E-state index contributed by atoms with van der Waals surface area (Å²) in [5.74, 6) is 0. The number of alkyl halides is 3. The van der Waals surface area contributed by atoms with Crippen LogP contribution in [0.4, 0.5) is 13.2 Å². The number of nitrogens with zero attached hydrogens (tertiary/aromatic N) is 2. The molecule has 2 fully saturated rings. The lowest BCUT2D eigenvalue weighted by Gasteiger charge is -2.39. The van der Waals surface area contributed by atoms with Gasteiger partial charge in [-0.2, -0.15) is 13.2 Å². The quantitative estimate of drug-likeness (QED) is 0.812.